The highest BCUT2D eigenvalue weighted by Crippen LogP contribution is 2.44. The Balaban J connectivity index is 2.04. The molecule has 0 aliphatic carbocycles. The molecule has 0 spiro atoms. The van der Waals surface area contributed by atoms with Gasteiger partial charge in [0.25, 0.3) is 0 Å². The quantitative estimate of drug-likeness (QED) is 0.733. The first-order valence-electron chi connectivity index (χ1n) is 7.48. The lowest BCUT2D eigenvalue weighted by Gasteiger charge is -2.32. The van der Waals surface area contributed by atoms with Gasteiger partial charge in [0.1, 0.15) is 11.4 Å². The zero-order chi connectivity index (χ0) is 15.5. The Morgan fingerprint density at radius 3 is 2.05 bits per heavy atom. The molecular formula is C17H23BO3. The molecule has 0 saturated carbocycles. The summed E-state index contributed by atoms with van der Waals surface area (Å²) in [6.45, 7) is 12.4. The lowest BCUT2D eigenvalue weighted by Crippen LogP contribution is -2.41. The molecule has 2 aliphatic heterocycles. The van der Waals surface area contributed by atoms with Crippen molar-refractivity contribution in [3.05, 3.63) is 35.9 Å². The number of hydrogen-bond acceptors (Lipinski definition) is 3. The summed E-state index contributed by atoms with van der Waals surface area (Å²) in [6.07, 6.45) is 2.11. The van der Waals surface area contributed by atoms with Crippen LogP contribution in [0.4, 0.5) is 0 Å². The molecule has 0 atom stereocenters. The van der Waals surface area contributed by atoms with E-state index in [0.29, 0.717) is 0 Å². The van der Waals surface area contributed by atoms with Crippen molar-refractivity contribution < 1.29 is 14.0 Å². The van der Waals surface area contributed by atoms with Crippen LogP contribution in [0.15, 0.2) is 30.3 Å². The monoisotopic (exact) mass is 286 g/mol. The van der Waals surface area contributed by atoms with Crippen LogP contribution >= 0.6 is 0 Å². The predicted octanol–water partition coefficient (Wildman–Crippen LogP) is 3.87. The minimum absolute atomic E-state index is 0.337. The molecule has 1 fully saturated rings. The lowest BCUT2D eigenvalue weighted by atomic mass is 9.71. The fourth-order valence-corrected chi connectivity index (χ4v) is 2.72. The van der Waals surface area contributed by atoms with Crippen LogP contribution in [0.3, 0.4) is 0 Å². The average Bonchev–Trinajstić information content (AvgIpc) is 2.56. The van der Waals surface area contributed by atoms with E-state index >= 15 is 0 Å². The van der Waals surface area contributed by atoms with E-state index in [-0.39, 0.29) is 23.9 Å². The molecule has 21 heavy (non-hydrogen) atoms. The van der Waals surface area contributed by atoms with Crippen LogP contribution in [0.2, 0.25) is 0 Å². The molecule has 0 amide bonds. The maximum absolute atomic E-state index is 6.21. The van der Waals surface area contributed by atoms with Gasteiger partial charge in [0.15, 0.2) is 0 Å². The van der Waals surface area contributed by atoms with E-state index in [1.807, 2.05) is 32.0 Å². The predicted molar refractivity (Wildman–Crippen MR) is 85.2 cm³/mol. The molecule has 0 aromatic heterocycles. The van der Waals surface area contributed by atoms with Gasteiger partial charge in [-0.3, -0.25) is 0 Å². The summed E-state index contributed by atoms with van der Waals surface area (Å²) in [5.74, 6) is 0.884. The maximum Gasteiger partial charge on any atom is 0.495 e. The van der Waals surface area contributed by atoms with Crippen LogP contribution in [-0.2, 0) is 9.31 Å². The molecule has 1 saturated heterocycles. The van der Waals surface area contributed by atoms with Crippen molar-refractivity contribution in [2.45, 2.75) is 58.3 Å². The second kappa shape index (κ2) is 4.37. The first-order valence-corrected chi connectivity index (χ1v) is 7.48. The van der Waals surface area contributed by atoms with Gasteiger partial charge in [0.05, 0.1) is 11.2 Å². The third-order valence-electron chi connectivity index (χ3n) is 4.58. The Morgan fingerprint density at radius 1 is 0.857 bits per heavy atom. The fraction of sp³-hybridized carbons (Fsp3) is 0.529. The molecule has 0 N–H and O–H groups in total. The molecule has 1 aromatic carbocycles. The van der Waals surface area contributed by atoms with Crippen LogP contribution in [0.5, 0.6) is 5.75 Å². The highest BCUT2D eigenvalue weighted by atomic mass is 16.7. The summed E-state index contributed by atoms with van der Waals surface area (Å²) in [7, 11) is -0.362. The Kier molecular flexibility index (Phi) is 3.05. The molecular weight excluding hydrogens is 263 g/mol. The normalized spacial score (nSPS) is 25.0. The molecule has 2 heterocycles. The van der Waals surface area contributed by atoms with Crippen molar-refractivity contribution in [3.8, 4) is 5.75 Å². The minimum atomic E-state index is -0.368. The van der Waals surface area contributed by atoms with E-state index in [1.165, 1.54) is 0 Å². The van der Waals surface area contributed by atoms with E-state index in [0.717, 1.165) is 16.8 Å². The summed E-state index contributed by atoms with van der Waals surface area (Å²) in [4.78, 5) is 0. The second-order valence-corrected chi connectivity index (χ2v) is 7.39. The van der Waals surface area contributed by atoms with Crippen LogP contribution in [0.1, 0.15) is 47.1 Å². The number of benzene rings is 1. The SMILES string of the molecule is CC1(C)C=C(B2OC(C)(C)C(C)(C)O2)c2ccccc2O1. The first kappa shape index (κ1) is 14.7. The molecule has 0 radical (unpaired) electrons. The smallest absolute Gasteiger partial charge is 0.483 e. The molecule has 112 valence electrons. The summed E-state index contributed by atoms with van der Waals surface area (Å²) in [5.41, 5.74) is 1.06. The zero-order valence-corrected chi connectivity index (χ0v) is 13.7. The van der Waals surface area contributed by atoms with E-state index in [2.05, 4.69) is 39.8 Å². The van der Waals surface area contributed by atoms with Gasteiger partial charge in [-0.2, -0.15) is 0 Å². The van der Waals surface area contributed by atoms with E-state index in [1.54, 1.807) is 0 Å². The minimum Gasteiger partial charge on any atom is -0.483 e. The van der Waals surface area contributed by atoms with Crippen molar-refractivity contribution in [3.63, 3.8) is 0 Å². The van der Waals surface area contributed by atoms with Gasteiger partial charge in [0.2, 0.25) is 0 Å². The largest absolute Gasteiger partial charge is 0.495 e. The second-order valence-electron chi connectivity index (χ2n) is 7.39. The maximum atomic E-state index is 6.21. The summed E-state index contributed by atoms with van der Waals surface area (Å²) >= 11 is 0. The Bertz CT molecular complexity index is 586. The third kappa shape index (κ3) is 2.41. The highest BCUT2D eigenvalue weighted by Gasteiger charge is 2.53. The summed E-state index contributed by atoms with van der Waals surface area (Å²) in [5, 5.41) is 0. The Morgan fingerprint density at radius 2 is 1.43 bits per heavy atom. The van der Waals surface area contributed by atoms with Crippen LogP contribution in [0, 0.1) is 0 Å². The van der Waals surface area contributed by atoms with Crippen molar-refractivity contribution >= 4 is 12.6 Å². The number of hydrogen-bond donors (Lipinski definition) is 0. The fourth-order valence-electron chi connectivity index (χ4n) is 2.72. The van der Waals surface area contributed by atoms with Crippen LogP contribution < -0.4 is 4.74 Å². The van der Waals surface area contributed by atoms with Crippen molar-refractivity contribution in [1.82, 2.24) is 0 Å². The molecule has 1 aromatic rings. The Labute approximate surface area is 127 Å². The number of para-hydroxylation sites is 1. The van der Waals surface area contributed by atoms with Gasteiger partial charge >= 0.3 is 7.12 Å². The van der Waals surface area contributed by atoms with Crippen LogP contribution in [-0.4, -0.2) is 23.9 Å². The van der Waals surface area contributed by atoms with Gasteiger partial charge in [0, 0.05) is 5.56 Å². The molecule has 0 bridgehead atoms. The molecule has 3 nitrogen and oxygen atoms in total. The van der Waals surface area contributed by atoms with Gasteiger partial charge in [-0.15, -0.1) is 0 Å². The summed E-state index contributed by atoms with van der Waals surface area (Å²) < 4.78 is 18.4. The average molecular weight is 286 g/mol. The molecule has 2 aliphatic rings. The third-order valence-corrected chi connectivity index (χ3v) is 4.58. The topological polar surface area (TPSA) is 27.7 Å². The molecule has 3 rings (SSSR count). The lowest BCUT2D eigenvalue weighted by molar-refractivity contribution is 0.00578. The zero-order valence-electron chi connectivity index (χ0n) is 13.7. The van der Waals surface area contributed by atoms with Crippen molar-refractivity contribution in [2.24, 2.45) is 0 Å². The van der Waals surface area contributed by atoms with Crippen molar-refractivity contribution in [2.75, 3.05) is 0 Å². The highest BCUT2D eigenvalue weighted by molar-refractivity contribution is 6.69. The molecule has 4 heteroatoms. The van der Waals surface area contributed by atoms with Gasteiger partial charge in [-0.1, -0.05) is 18.2 Å². The van der Waals surface area contributed by atoms with E-state index in [9.17, 15) is 0 Å². The first-order chi connectivity index (χ1) is 9.61. The number of fused-ring (bicyclic) bond motifs is 1. The number of ether oxygens (including phenoxy) is 1. The van der Waals surface area contributed by atoms with E-state index < -0.39 is 0 Å². The standard InChI is InChI=1S/C17H23BO3/c1-15(2)11-13(12-9-7-8-10-14(12)19-15)18-20-16(3,4)17(5,6)21-18/h7-11H,1-6H3. The number of rotatable bonds is 1. The van der Waals surface area contributed by atoms with E-state index in [4.69, 9.17) is 14.0 Å². The Hall–Kier alpha value is -1.26. The van der Waals surface area contributed by atoms with Crippen molar-refractivity contribution in [1.29, 1.82) is 0 Å². The summed E-state index contributed by atoms with van der Waals surface area (Å²) in [6, 6.07) is 8.05. The molecule has 0 unspecified atom stereocenters. The van der Waals surface area contributed by atoms with Gasteiger partial charge in [-0.05, 0) is 59.2 Å². The van der Waals surface area contributed by atoms with Crippen LogP contribution in [0.25, 0.3) is 5.47 Å². The van der Waals surface area contributed by atoms with Gasteiger partial charge < -0.3 is 14.0 Å². The van der Waals surface area contributed by atoms with Gasteiger partial charge in [-0.25, -0.2) is 0 Å².